The van der Waals surface area contributed by atoms with E-state index in [-0.39, 0.29) is 4.90 Å². The van der Waals surface area contributed by atoms with Gasteiger partial charge in [-0.05, 0) is 61.6 Å². The van der Waals surface area contributed by atoms with Gasteiger partial charge in [0, 0.05) is 26.2 Å². The van der Waals surface area contributed by atoms with Crippen molar-refractivity contribution in [1.29, 1.82) is 0 Å². The molecule has 2 aromatic rings. The molecule has 0 amide bonds. The largest absolute Gasteiger partial charge is 0.352 e. The zero-order chi connectivity index (χ0) is 18.3. The molecular formula is C18H21FN4O2S. The first-order valence-electron chi connectivity index (χ1n) is 8.82. The van der Waals surface area contributed by atoms with Gasteiger partial charge in [-0.2, -0.15) is 9.40 Å². The number of anilines is 1. The molecule has 0 atom stereocenters. The van der Waals surface area contributed by atoms with Crippen LogP contribution in [0.2, 0.25) is 0 Å². The summed E-state index contributed by atoms with van der Waals surface area (Å²) in [6, 6.07) is 5.88. The fourth-order valence-corrected chi connectivity index (χ4v) is 5.30. The molecule has 1 aliphatic heterocycles. The van der Waals surface area contributed by atoms with Crippen LogP contribution in [0.4, 0.5) is 10.2 Å². The molecule has 8 heteroatoms. The highest BCUT2D eigenvalue weighted by Gasteiger charge is 2.30. The van der Waals surface area contributed by atoms with Gasteiger partial charge >= 0.3 is 0 Å². The SMILES string of the molecule is Cc1cc(F)ccc1S(=O)(=O)N1CCN(c2cc3c(nn2)CCC3)CC1. The summed E-state index contributed by atoms with van der Waals surface area (Å²) >= 11 is 0. The summed E-state index contributed by atoms with van der Waals surface area (Å²) in [7, 11) is -3.62. The maximum atomic E-state index is 13.3. The molecule has 26 heavy (non-hydrogen) atoms. The lowest BCUT2D eigenvalue weighted by Gasteiger charge is -2.34. The van der Waals surface area contributed by atoms with Crippen molar-refractivity contribution in [2.45, 2.75) is 31.1 Å². The van der Waals surface area contributed by atoms with E-state index >= 15 is 0 Å². The van der Waals surface area contributed by atoms with E-state index < -0.39 is 15.8 Å². The molecule has 1 saturated heterocycles. The Bertz CT molecular complexity index is 940. The zero-order valence-electron chi connectivity index (χ0n) is 14.7. The van der Waals surface area contributed by atoms with E-state index in [0.717, 1.165) is 30.8 Å². The highest BCUT2D eigenvalue weighted by molar-refractivity contribution is 7.89. The number of hydrogen-bond acceptors (Lipinski definition) is 5. The number of aromatic nitrogens is 2. The van der Waals surface area contributed by atoms with E-state index in [4.69, 9.17) is 0 Å². The van der Waals surface area contributed by atoms with Crippen LogP contribution in [0.5, 0.6) is 0 Å². The molecule has 0 bridgehead atoms. The minimum absolute atomic E-state index is 0.171. The Morgan fingerprint density at radius 3 is 2.54 bits per heavy atom. The third kappa shape index (κ3) is 3.07. The Morgan fingerprint density at radius 2 is 1.81 bits per heavy atom. The Hall–Kier alpha value is -2.06. The summed E-state index contributed by atoms with van der Waals surface area (Å²) in [5.41, 5.74) is 2.77. The zero-order valence-corrected chi connectivity index (χ0v) is 15.5. The predicted octanol–water partition coefficient (Wildman–Crippen LogP) is 1.92. The molecule has 0 saturated carbocycles. The van der Waals surface area contributed by atoms with Crippen molar-refractivity contribution in [2.75, 3.05) is 31.1 Å². The Balaban J connectivity index is 1.49. The first kappa shape index (κ1) is 17.4. The fourth-order valence-electron chi connectivity index (χ4n) is 3.67. The van der Waals surface area contributed by atoms with Gasteiger partial charge in [-0.1, -0.05) is 0 Å². The monoisotopic (exact) mass is 376 g/mol. The summed E-state index contributed by atoms with van der Waals surface area (Å²) < 4.78 is 40.5. The van der Waals surface area contributed by atoms with Crippen molar-refractivity contribution in [3.63, 3.8) is 0 Å². The highest BCUT2D eigenvalue weighted by atomic mass is 32.2. The molecule has 0 spiro atoms. The number of halogens is 1. The normalized spacial score (nSPS) is 18.2. The van der Waals surface area contributed by atoms with Crippen molar-refractivity contribution in [1.82, 2.24) is 14.5 Å². The van der Waals surface area contributed by atoms with Crippen LogP contribution in [0, 0.1) is 12.7 Å². The number of benzene rings is 1. The van der Waals surface area contributed by atoms with Gasteiger partial charge in [0.05, 0.1) is 10.6 Å². The van der Waals surface area contributed by atoms with Crippen LogP contribution in [0.1, 0.15) is 23.2 Å². The molecular weight excluding hydrogens is 355 g/mol. The van der Waals surface area contributed by atoms with E-state index in [9.17, 15) is 12.8 Å². The van der Waals surface area contributed by atoms with Gasteiger partial charge < -0.3 is 4.90 Å². The first-order chi connectivity index (χ1) is 12.4. The number of aryl methyl sites for hydroxylation is 3. The molecule has 2 heterocycles. The number of sulfonamides is 1. The minimum Gasteiger partial charge on any atom is -0.352 e. The second-order valence-electron chi connectivity index (χ2n) is 6.83. The summed E-state index contributed by atoms with van der Waals surface area (Å²) in [6.07, 6.45) is 3.15. The topological polar surface area (TPSA) is 66.4 Å². The summed E-state index contributed by atoms with van der Waals surface area (Å²) in [5, 5.41) is 8.62. The standard InChI is InChI=1S/C18H21FN4O2S/c1-13-11-15(19)5-6-17(13)26(24,25)23-9-7-22(8-10-23)18-12-14-3-2-4-16(14)20-21-18/h5-6,11-12H,2-4,7-10H2,1H3. The van der Waals surface area contributed by atoms with Gasteiger partial charge in [-0.25, -0.2) is 12.8 Å². The third-order valence-corrected chi connectivity index (χ3v) is 7.18. The molecule has 0 unspecified atom stereocenters. The molecule has 138 valence electrons. The van der Waals surface area contributed by atoms with Gasteiger partial charge in [-0.3, -0.25) is 0 Å². The molecule has 1 aliphatic carbocycles. The van der Waals surface area contributed by atoms with E-state index in [0.29, 0.717) is 31.7 Å². The fraction of sp³-hybridized carbons (Fsp3) is 0.444. The van der Waals surface area contributed by atoms with Crippen molar-refractivity contribution >= 4 is 15.8 Å². The summed E-state index contributed by atoms with van der Waals surface area (Å²) in [4.78, 5) is 2.25. The van der Waals surface area contributed by atoms with E-state index in [1.54, 1.807) is 6.92 Å². The lowest BCUT2D eigenvalue weighted by molar-refractivity contribution is 0.383. The first-order valence-corrected chi connectivity index (χ1v) is 10.3. The van der Waals surface area contributed by atoms with Crippen LogP contribution in [-0.4, -0.2) is 49.1 Å². The Morgan fingerprint density at radius 1 is 1.04 bits per heavy atom. The second kappa shape index (κ2) is 6.59. The van der Waals surface area contributed by atoms with Crippen molar-refractivity contribution < 1.29 is 12.8 Å². The number of rotatable bonds is 3. The Labute approximate surface area is 152 Å². The number of fused-ring (bicyclic) bond motifs is 1. The van der Waals surface area contributed by atoms with Gasteiger partial charge in [0.25, 0.3) is 0 Å². The van der Waals surface area contributed by atoms with Crippen molar-refractivity contribution in [2.24, 2.45) is 0 Å². The number of nitrogens with zero attached hydrogens (tertiary/aromatic N) is 4. The molecule has 4 rings (SSSR count). The molecule has 0 N–H and O–H groups in total. The van der Waals surface area contributed by atoms with E-state index in [1.807, 2.05) is 0 Å². The minimum atomic E-state index is -3.62. The molecule has 1 fully saturated rings. The van der Waals surface area contributed by atoms with Crippen LogP contribution >= 0.6 is 0 Å². The number of piperazine rings is 1. The molecule has 2 aliphatic rings. The van der Waals surface area contributed by atoms with Crippen molar-refractivity contribution in [3.8, 4) is 0 Å². The van der Waals surface area contributed by atoms with Crippen LogP contribution in [0.15, 0.2) is 29.2 Å². The molecule has 1 aromatic heterocycles. The van der Waals surface area contributed by atoms with Gasteiger partial charge in [-0.15, -0.1) is 5.10 Å². The van der Waals surface area contributed by atoms with Crippen molar-refractivity contribution in [3.05, 3.63) is 46.9 Å². The van der Waals surface area contributed by atoms with Gasteiger partial charge in [0.1, 0.15) is 5.82 Å². The summed E-state index contributed by atoms with van der Waals surface area (Å²) in [5.74, 6) is 0.391. The Kier molecular flexibility index (Phi) is 4.40. The van der Waals surface area contributed by atoms with E-state index in [1.165, 1.54) is 28.1 Å². The van der Waals surface area contributed by atoms with Crippen LogP contribution < -0.4 is 4.90 Å². The van der Waals surface area contributed by atoms with Gasteiger partial charge in [0.15, 0.2) is 5.82 Å². The average Bonchev–Trinajstić information content (AvgIpc) is 3.09. The van der Waals surface area contributed by atoms with Gasteiger partial charge in [0.2, 0.25) is 10.0 Å². The van der Waals surface area contributed by atoms with E-state index in [2.05, 4.69) is 21.2 Å². The molecule has 6 nitrogen and oxygen atoms in total. The number of hydrogen-bond donors (Lipinski definition) is 0. The maximum absolute atomic E-state index is 13.3. The highest BCUT2D eigenvalue weighted by Crippen LogP contribution is 2.25. The third-order valence-electron chi connectivity index (χ3n) is 5.12. The lowest BCUT2D eigenvalue weighted by Crippen LogP contribution is -2.49. The molecule has 1 aromatic carbocycles. The van der Waals surface area contributed by atoms with Crippen LogP contribution in [-0.2, 0) is 22.9 Å². The maximum Gasteiger partial charge on any atom is 0.243 e. The molecule has 0 radical (unpaired) electrons. The van der Waals surface area contributed by atoms with Crippen LogP contribution in [0.25, 0.3) is 0 Å². The van der Waals surface area contributed by atoms with Crippen LogP contribution in [0.3, 0.4) is 0 Å². The smallest absolute Gasteiger partial charge is 0.243 e. The average molecular weight is 376 g/mol. The quantitative estimate of drug-likeness (QED) is 0.819. The second-order valence-corrected chi connectivity index (χ2v) is 8.74. The summed E-state index contributed by atoms with van der Waals surface area (Å²) in [6.45, 7) is 3.49. The predicted molar refractivity (Wildman–Crippen MR) is 96.2 cm³/mol. The lowest BCUT2D eigenvalue weighted by atomic mass is 10.2.